The first-order chi connectivity index (χ1) is 6.16. The maximum atomic E-state index is 5.94. The minimum atomic E-state index is 0.777. The van der Waals surface area contributed by atoms with Gasteiger partial charge in [-0.1, -0.05) is 11.6 Å². The highest BCUT2D eigenvalue weighted by Crippen LogP contribution is 2.36. The zero-order chi connectivity index (χ0) is 9.42. The molecule has 0 saturated heterocycles. The Morgan fingerprint density at radius 3 is 2.62 bits per heavy atom. The topological polar surface area (TPSA) is 12.9 Å². The largest absolute Gasteiger partial charge is 0.239 e. The quantitative estimate of drug-likeness (QED) is 0.749. The van der Waals surface area contributed by atoms with Crippen LogP contribution in [0.1, 0.15) is 5.69 Å². The number of thiazole rings is 1. The van der Waals surface area contributed by atoms with E-state index in [4.69, 9.17) is 11.6 Å². The minimum absolute atomic E-state index is 0.777. The molecule has 1 nitrogen and oxygen atoms in total. The lowest BCUT2D eigenvalue weighted by Gasteiger charge is -1.85. The predicted octanol–water partition coefficient (Wildman–Crippen LogP) is 4.60. The molecule has 13 heavy (non-hydrogen) atoms. The monoisotopic (exact) mass is 293 g/mol. The van der Waals surface area contributed by atoms with Gasteiger partial charge >= 0.3 is 0 Å². The second kappa shape index (κ2) is 3.69. The number of hydrogen-bond donors (Lipinski definition) is 0. The molecule has 0 fully saturated rings. The first kappa shape index (κ1) is 9.65. The van der Waals surface area contributed by atoms with Crippen LogP contribution in [0.25, 0.3) is 9.88 Å². The Morgan fingerprint density at radius 2 is 2.15 bits per heavy atom. The number of thiophene rings is 1. The zero-order valence-corrected chi connectivity index (χ0v) is 10.6. The maximum absolute atomic E-state index is 5.94. The lowest BCUT2D eigenvalue weighted by molar-refractivity contribution is 1.27. The van der Waals surface area contributed by atoms with Crippen molar-refractivity contribution in [1.29, 1.82) is 0 Å². The second-order valence-electron chi connectivity index (χ2n) is 2.48. The molecular formula is C8H5BrClNS2. The van der Waals surface area contributed by atoms with Crippen LogP contribution >= 0.6 is 50.2 Å². The number of aromatic nitrogens is 1. The molecule has 0 bridgehead atoms. The molecule has 0 amide bonds. The third kappa shape index (κ3) is 1.96. The van der Waals surface area contributed by atoms with Crippen molar-refractivity contribution in [1.82, 2.24) is 4.98 Å². The summed E-state index contributed by atoms with van der Waals surface area (Å²) in [6.07, 6.45) is 0. The van der Waals surface area contributed by atoms with Crippen molar-refractivity contribution >= 4 is 50.2 Å². The van der Waals surface area contributed by atoms with E-state index in [0.29, 0.717) is 0 Å². The molecule has 0 radical (unpaired) electrons. The van der Waals surface area contributed by atoms with Gasteiger partial charge in [-0.2, -0.15) is 0 Å². The van der Waals surface area contributed by atoms with Crippen molar-refractivity contribution in [2.24, 2.45) is 0 Å². The fourth-order valence-corrected chi connectivity index (χ4v) is 3.41. The van der Waals surface area contributed by atoms with E-state index in [1.165, 1.54) is 11.3 Å². The fraction of sp³-hybridized carbons (Fsp3) is 0.125. The smallest absolute Gasteiger partial charge is 0.135 e. The SMILES string of the molecule is Cc1nc(-c2ccc(Br)s2)sc1Cl. The lowest BCUT2D eigenvalue weighted by atomic mass is 10.5. The van der Waals surface area contributed by atoms with Crippen LogP contribution in [-0.2, 0) is 0 Å². The van der Waals surface area contributed by atoms with Gasteiger partial charge in [-0.15, -0.1) is 22.7 Å². The summed E-state index contributed by atoms with van der Waals surface area (Å²) in [4.78, 5) is 5.53. The third-order valence-electron chi connectivity index (χ3n) is 1.52. The van der Waals surface area contributed by atoms with Crippen LogP contribution in [0.5, 0.6) is 0 Å². The van der Waals surface area contributed by atoms with E-state index in [1.807, 2.05) is 19.1 Å². The van der Waals surface area contributed by atoms with E-state index in [0.717, 1.165) is 23.7 Å². The van der Waals surface area contributed by atoms with Gasteiger partial charge in [0, 0.05) is 0 Å². The van der Waals surface area contributed by atoms with Crippen molar-refractivity contribution in [2.45, 2.75) is 6.92 Å². The number of rotatable bonds is 1. The van der Waals surface area contributed by atoms with Gasteiger partial charge < -0.3 is 0 Å². The number of hydrogen-bond acceptors (Lipinski definition) is 3. The van der Waals surface area contributed by atoms with E-state index in [-0.39, 0.29) is 0 Å². The van der Waals surface area contributed by atoms with Crippen molar-refractivity contribution in [2.75, 3.05) is 0 Å². The highest BCUT2D eigenvalue weighted by atomic mass is 79.9. The molecule has 5 heteroatoms. The van der Waals surface area contributed by atoms with Gasteiger partial charge in [0.05, 0.1) is 14.4 Å². The first-order valence-corrected chi connectivity index (χ1v) is 6.36. The molecular weight excluding hydrogens is 290 g/mol. The van der Waals surface area contributed by atoms with Gasteiger partial charge in [0.25, 0.3) is 0 Å². The second-order valence-corrected chi connectivity index (χ2v) is 6.55. The Balaban J connectivity index is 2.46. The highest BCUT2D eigenvalue weighted by Gasteiger charge is 2.08. The Hall–Kier alpha value is 0.1000. The summed E-state index contributed by atoms with van der Waals surface area (Å²) >= 11 is 12.5. The van der Waals surface area contributed by atoms with Gasteiger partial charge in [0.1, 0.15) is 9.34 Å². The zero-order valence-electron chi connectivity index (χ0n) is 6.67. The Kier molecular flexibility index (Phi) is 2.74. The molecule has 0 N–H and O–H groups in total. The highest BCUT2D eigenvalue weighted by molar-refractivity contribution is 9.11. The summed E-state index contributed by atoms with van der Waals surface area (Å²) in [6.45, 7) is 1.92. The minimum Gasteiger partial charge on any atom is -0.239 e. The molecule has 2 heterocycles. The van der Waals surface area contributed by atoms with Crippen LogP contribution in [0, 0.1) is 6.92 Å². The molecule has 0 aliphatic rings. The molecule has 2 aromatic heterocycles. The first-order valence-electron chi connectivity index (χ1n) is 3.55. The van der Waals surface area contributed by atoms with Crippen LogP contribution in [0.2, 0.25) is 4.34 Å². The van der Waals surface area contributed by atoms with Crippen LogP contribution in [0.4, 0.5) is 0 Å². The van der Waals surface area contributed by atoms with Crippen molar-refractivity contribution < 1.29 is 0 Å². The summed E-state index contributed by atoms with van der Waals surface area (Å²) in [5.41, 5.74) is 0.909. The predicted molar refractivity (Wildman–Crippen MR) is 62.9 cm³/mol. The molecule has 0 aromatic carbocycles. The van der Waals surface area contributed by atoms with Gasteiger partial charge in [-0.3, -0.25) is 0 Å². The van der Waals surface area contributed by atoms with Crippen LogP contribution < -0.4 is 0 Å². The maximum Gasteiger partial charge on any atom is 0.135 e. The van der Waals surface area contributed by atoms with Crippen LogP contribution in [-0.4, -0.2) is 4.98 Å². The lowest BCUT2D eigenvalue weighted by Crippen LogP contribution is -1.70. The molecule has 0 unspecified atom stereocenters. The van der Waals surface area contributed by atoms with Crippen molar-refractivity contribution in [3.63, 3.8) is 0 Å². The van der Waals surface area contributed by atoms with Gasteiger partial charge in [-0.05, 0) is 35.0 Å². The van der Waals surface area contributed by atoms with Gasteiger partial charge in [0.2, 0.25) is 0 Å². The average Bonchev–Trinajstić information content (AvgIpc) is 2.61. The number of aryl methyl sites for hydroxylation is 1. The molecule has 2 aromatic rings. The standard InChI is InChI=1S/C8H5BrClNS2/c1-4-7(10)13-8(11-4)5-2-3-6(9)12-5/h2-3H,1H3. The Morgan fingerprint density at radius 1 is 1.38 bits per heavy atom. The molecule has 0 aliphatic heterocycles. The fourth-order valence-electron chi connectivity index (χ4n) is 0.912. The van der Waals surface area contributed by atoms with E-state index >= 15 is 0 Å². The summed E-state index contributed by atoms with van der Waals surface area (Å²) in [5, 5.41) is 0.998. The van der Waals surface area contributed by atoms with Crippen molar-refractivity contribution in [3.8, 4) is 9.88 Å². The Labute approximate surface area is 97.5 Å². The molecule has 0 aliphatic carbocycles. The van der Waals surface area contributed by atoms with Gasteiger partial charge in [0.15, 0.2) is 0 Å². The van der Waals surface area contributed by atoms with E-state index in [9.17, 15) is 0 Å². The molecule has 68 valence electrons. The van der Waals surface area contributed by atoms with Crippen LogP contribution in [0.15, 0.2) is 15.9 Å². The van der Waals surface area contributed by atoms with E-state index < -0.39 is 0 Å². The summed E-state index contributed by atoms with van der Waals surface area (Å²) in [6, 6.07) is 4.06. The van der Waals surface area contributed by atoms with E-state index in [2.05, 4.69) is 20.9 Å². The summed E-state index contributed by atoms with van der Waals surface area (Å²) in [5.74, 6) is 0. The number of nitrogens with zero attached hydrogens (tertiary/aromatic N) is 1. The molecule has 0 saturated carbocycles. The number of halogens is 2. The third-order valence-corrected chi connectivity index (χ3v) is 4.77. The normalized spacial score (nSPS) is 10.7. The summed E-state index contributed by atoms with van der Waals surface area (Å²) < 4.78 is 1.89. The molecule has 0 atom stereocenters. The van der Waals surface area contributed by atoms with Gasteiger partial charge in [-0.25, -0.2) is 4.98 Å². The van der Waals surface area contributed by atoms with Crippen molar-refractivity contribution in [3.05, 3.63) is 25.9 Å². The molecule has 2 rings (SSSR count). The summed E-state index contributed by atoms with van der Waals surface area (Å²) in [7, 11) is 0. The molecule has 0 spiro atoms. The van der Waals surface area contributed by atoms with Crippen LogP contribution in [0.3, 0.4) is 0 Å². The van der Waals surface area contributed by atoms with E-state index in [1.54, 1.807) is 11.3 Å². The average molecular weight is 295 g/mol. The Bertz CT molecular complexity index is 416.